The second-order valence-corrected chi connectivity index (χ2v) is 11.3. The van der Waals surface area contributed by atoms with Gasteiger partial charge in [0.25, 0.3) is 5.91 Å². The lowest BCUT2D eigenvalue weighted by Crippen LogP contribution is -2.34. The van der Waals surface area contributed by atoms with Crippen LogP contribution in [-0.4, -0.2) is 35.3 Å². The summed E-state index contributed by atoms with van der Waals surface area (Å²) in [4.78, 5) is 39.5. The quantitative estimate of drug-likeness (QED) is 0.214. The number of hydrogen-bond acceptors (Lipinski definition) is 4. The highest BCUT2D eigenvalue weighted by Crippen LogP contribution is 2.33. The Hall–Kier alpha value is -3.78. The van der Waals surface area contributed by atoms with Gasteiger partial charge in [-0.15, -0.1) is 11.8 Å². The van der Waals surface area contributed by atoms with Crippen LogP contribution in [-0.2, 0) is 11.3 Å². The zero-order valence-electron chi connectivity index (χ0n) is 22.9. The summed E-state index contributed by atoms with van der Waals surface area (Å²) in [6.45, 7) is 2.48. The zero-order valence-corrected chi connectivity index (χ0v) is 23.7. The van der Waals surface area contributed by atoms with Gasteiger partial charge in [-0.1, -0.05) is 56.5 Å². The molecule has 3 aromatic rings. The number of carboxylic acid groups (broad SMARTS) is 1. The standard InChI is InChI=1S/C32H37N3O4S/c1-2-40-29-10-6-9-27(21-29)34-32(39)35(28-17-15-25(16-18-28)24-7-4-3-5-8-24)22-23-11-13-26(14-12-23)31(38)33-20-19-30(36)37/h6,9-18,21,24H,2-5,7-8,19-20,22H2,1H3,(H,33,38)(H,34,39)(H,36,37). The maximum atomic E-state index is 13.6. The number of amides is 3. The van der Waals surface area contributed by atoms with E-state index in [1.54, 1.807) is 28.8 Å². The highest BCUT2D eigenvalue weighted by atomic mass is 32.2. The molecule has 0 atom stereocenters. The monoisotopic (exact) mass is 559 g/mol. The lowest BCUT2D eigenvalue weighted by Gasteiger charge is -2.26. The SMILES string of the molecule is CCSc1cccc(NC(=O)N(Cc2ccc(C(=O)NCCC(=O)O)cc2)c2ccc(C3CCCCC3)cc2)c1. The van der Waals surface area contributed by atoms with Gasteiger partial charge in [0.05, 0.1) is 13.0 Å². The number of carbonyl (C=O) groups is 3. The van der Waals surface area contributed by atoms with E-state index in [1.807, 2.05) is 48.5 Å². The Morgan fingerprint density at radius 1 is 0.950 bits per heavy atom. The number of thioether (sulfide) groups is 1. The van der Waals surface area contributed by atoms with Crippen molar-refractivity contribution >= 4 is 41.0 Å². The zero-order chi connectivity index (χ0) is 28.3. The number of rotatable bonds is 11. The fraction of sp³-hybridized carbons (Fsp3) is 0.344. The van der Waals surface area contributed by atoms with Gasteiger partial charge in [0, 0.05) is 28.4 Å². The third-order valence-electron chi connectivity index (χ3n) is 7.10. The van der Waals surface area contributed by atoms with Crippen molar-refractivity contribution in [1.82, 2.24) is 5.32 Å². The van der Waals surface area contributed by atoms with Crippen molar-refractivity contribution in [3.8, 4) is 0 Å². The summed E-state index contributed by atoms with van der Waals surface area (Å²) >= 11 is 1.72. The number of nitrogens with one attached hydrogen (secondary N) is 2. The molecule has 1 saturated carbocycles. The average Bonchev–Trinajstić information content (AvgIpc) is 2.97. The van der Waals surface area contributed by atoms with E-state index < -0.39 is 5.97 Å². The number of carbonyl (C=O) groups excluding carboxylic acids is 2. The Morgan fingerprint density at radius 3 is 2.35 bits per heavy atom. The Morgan fingerprint density at radius 2 is 1.68 bits per heavy atom. The summed E-state index contributed by atoms with van der Waals surface area (Å²) in [5, 5.41) is 14.5. The molecule has 4 rings (SSSR count). The Bertz CT molecular complexity index is 1290. The summed E-state index contributed by atoms with van der Waals surface area (Å²) < 4.78 is 0. The first kappa shape index (κ1) is 29.2. The minimum absolute atomic E-state index is 0.0681. The lowest BCUT2D eigenvalue weighted by molar-refractivity contribution is -0.136. The molecule has 1 fully saturated rings. The predicted octanol–water partition coefficient (Wildman–Crippen LogP) is 7.29. The molecule has 7 nitrogen and oxygen atoms in total. The van der Waals surface area contributed by atoms with Crippen LogP contribution in [0.2, 0.25) is 0 Å². The molecule has 0 bridgehead atoms. The molecule has 1 aliphatic rings. The van der Waals surface area contributed by atoms with Gasteiger partial charge in [-0.05, 0) is 78.1 Å². The highest BCUT2D eigenvalue weighted by Gasteiger charge is 2.20. The summed E-state index contributed by atoms with van der Waals surface area (Å²) in [6, 6.07) is 23.0. The van der Waals surface area contributed by atoms with Crippen molar-refractivity contribution < 1.29 is 19.5 Å². The van der Waals surface area contributed by atoms with Gasteiger partial charge < -0.3 is 15.7 Å². The molecule has 1 aliphatic carbocycles. The van der Waals surface area contributed by atoms with Crippen LogP contribution in [0.3, 0.4) is 0 Å². The molecule has 0 aliphatic heterocycles. The van der Waals surface area contributed by atoms with E-state index in [4.69, 9.17) is 5.11 Å². The minimum Gasteiger partial charge on any atom is -0.481 e. The average molecular weight is 560 g/mol. The van der Waals surface area contributed by atoms with Crippen LogP contribution in [0.5, 0.6) is 0 Å². The van der Waals surface area contributed by atoms with Gasteiger partial charge in [-0.2, -0.15) is 0 Å². The maximum Gasteiger partial charge on any atom is 0.326 e. The van der Waals surface area contributed by atoms with E-state index >= 15 is 0 Å². The second-order valence-electron chi connectivity index (χ2n) is 10.0. The van der Waals surface area contributed by atoms with Crippen LogP contribution >= 0.6 is 11.8 Å². The van der Waals surface area contributed by atoms with Gasteiger partial charge in [-0.3, -0.25) is 14.5 Å². The number of carboxylic acids is 1. The summed E-state index contributed by atoms with van der Waals surface area (Å²) in [5.41, 5.74) is 4.16. The van der Waals surface area contributed by atoms with Crippen LogP contribution in [0, 0.1) is 0 Å². The Kier molecular flexibility index (Phi) is 10.6. The first-order valence-corrected chi connectivity index (χ1v) is 14.9. The third kappa shape index (κ3) is 8.36. The molecule has 0 heterocycles. The molecule has 40 heavy (non-hydrogen) atoms. The van der Waals surface area contributed by atoms with Crippen LogP contribution in [0.25, 0.3) is 0 Å². The van der Waals surface area contributed by atoms with Gasteiger partial charge in [0.1, 0.15) is 0 Å². The van der Waals surface area contributed by atoms with E-state index in [0.29, 0.717) is 18.0 Å². The molecule has 3 aromatic carbocycles. The highest BCUT2D eigenvalue weighted by molar-refractivity contribution is 7.99. The van der Waals surface area contributed by atoms with E-state index in [-0.39, 0.29) is 24.9 Å². The number of nitrogens with zero attached hydrogens (tertiary/aromatic N) is 1. The first-order chi connectivity index (χ1) is 19.4. The van der Waals surface area contributed by atoms with Gasteiger partial charge in [-0.25, -0.2) is 4.79 Å². The number of benzene rings is 3. The van der Waals surface area contributed by atoms with Crippen molar-refractivity contribution in [3.05, 3.63) is 89.5 Å². The molecule has 0 aromatic heterocycles. The van der Waals surface area contributed by atoms with Crippen molar-refractivity contribution in [2.24, 2.45) is 0 Å². The predicted molar refractivity (Wildman–Crippen MR) is 161 cm³/mol. The van der Waals surface area contributed by atoms with Crippen LogP contribution < -0.4 is 15.5 Å². The van der Waals surface area contributed by atoms with E-state index in [9.17, 15) is 14.4 Å². The number of hydrogen-bond donors (Lipinski definition) is 3. The fourth-order valence-corrected chi connectivity index (χ4v) is 5.71. The molecular formula is C32H37N3O4S. The van der Waals surface area contributed by atoms with Crippen molar-refractivity contribution in [3.63, 3.8) is 0 Å². The molecule has 0 unspecified atom stereocenters. The first-order valence-electron chi connectivity index (χ1n) is 13.9. The maximum absolute atomic E-state index is 13.6. The minimum atomic E-state index is -0.961. The number of urea groups is 1. The van der Waals surface area contributed by atoms with Crippen LogP contribution in [0.4, 0.5) is 16.2 Å². The van der Waals surface area contributed by atoms with E-state index in [1.165, 1.54) is 37.7 Å². The van der Waals surface area contributed by atoms with Crippen molar-refractivity contribution in [2.45, 2.75) is 62.8 Å². The number of anilines is 2. The lowest BCUT2D eigenvalue weighted by atomic mass is 9.84. The molecule has 8 heteroatoms. The molecule has 3 N–H and O–H groups in total. The molecule has 0 spiro atoms. The van der Waals surface area contributed by atoms with Crippen molar-refractivity contribution in [1.29, 1.82) is 0 Å². The fourth-order valence-electron chi connectivity index (χ4n) is 4.99. The Balaban J connectivity index is 1.52. The van der Waals surface area contributed by atoms with Gasteiger partial charge in [0.15, 0.2) is 0 Å². The second kappa shape index (κ2) is 14.6. The van der Waals surface area contributed by atoms with Crippen LogP contribution in [0.15, 0.2) is 77.7 Å². The van der Waals surface area contributed by atoms with Gasteiger partial charge in [0.2, 0.25) is 0 Å². The summed E-state index contributed by atoms with van der Waals surface area (Å²) in [6.07, 6.45) is 6.14. The molecule has 210 valence electrons. The number of aliphatic carboxylic acids is 1. The molecule has 0 radical (unpaired) electrons. The summed E-state index contributed by atoms with van der Waals surface area (Å²) in [5.74, 6) is 0.241. The van der Waals surface area contributed by atoms with Crippen molar-refractivity contribution in [2.75, 3.05) is 22.5 Å². The summed E-state index contributed by atoms with van der Waals surface area (Å²) in [7, 11) is 0. The van der Waals surface area contributed by atoms with E-state index in [2.05, 4.69) is 29.7 Å². The van der Waals surface area contributed by atoms with E-state index in [0.717, 1.165) is 27.6 Å². The largest absolute Gasteiger partial charge is 0.481 e. The normalized spacial score (nSPS) is 13.4. The topological polar surface area (TPSA) is 98.7 Å². The van der Waals surface area contributed by atoms with Gasteiger partial charge >= 0.3 is 12.0 Å². The molecule has 3 amide bonds. The molecule has 0 saturated heterocycles. The molecular weight excluding hydrogens is 522 g/mol. The third-order valence-corrected chi connectivity index (χ3v) is 7.98. The Labute approximate surface area is 240 Å². The van der Waals surface area contributed by atoms with Crippen LogP contribution in [0.1, 0.15) is 72.9 Å². The smallest absolute Gasteiger partial charge is 0.326 e.